The van der Waals surface area contributed by atoms with Gasteiger partial charge in [0.15, 0.2) is 0 Å². The standard InChI is InChI=1S/C29H38F3N7O2S/c1-18-4-3-6-38(13-18)14-19-8-21-22(23(9-19)29(30,31)32)15-39(27(21)40)26-11-20(10-24(36-26)35-5-7-42)28(16-41-17-28)12-25(34-2)37-33/h8-11,18,42H,3-7,12-17,33H2,1-2H3,(H,34,37)(H,35,36)/t18-/m0/s1. The first-order chi connectivity index (χ1) is 20.1. The Kier molecular flexibility index (Phi) is 9.02. The van der Waals surface area contributed by atoms with Crippen LogP contribution >= 0.6 is 12.6 Å². The van der Waals surface area contributed by atoms with E-state index in [2.05, 4.69) is 45.2 Å². The van der Waals surface area contributed by atoms with E-state index < -0.39 is 23.1 Å². The van der Waals surface area contributed by atoms with Crippen LogP contribution in [0.5, 0.6) is 0 Å². The number of rotatable bonds is 9. The Bertz CT molecular complexity index is 1350. The van der Waals surface area contributed by atoms with E-state index in [1.165, 1.54) is 11.0 Å². The Labute approximate surface area is 249 Å². The summed E-state index contributed by atoms with van der Waals surface area (Å²) in [5, 5.41) is 3.21. The molecule has 5 rings (SSSR count). The van der Waals surface area contributed by atoms with Gasteiger partial charge in [0.25, 0.3) is 5.91 Å². The van der Waals surface area contributed by atoms with Crippen molar-refractivity contribution < 1.29 is 22.7 Å². The van der Waals surface area contributed by atoms with Crippen LogP contribution in [0.3, 0.4) is 0 Å². The summed E-state index contributed by atoms with van der Waals surface area (Å²) in [5.41, 5.74) is 2.76. The lowest BCUT2D eigenvalue weighted by Gasteiger charge is -2.42. The van der Waals surface area contributed by atoms with Gasteiger partial charge in [0.2, 0.25) is 0 Å². The summed E-state index contributed by atoms with van der Waals surface area (Å²) < 4.78 is 48.7. The molecule has 0 unspecified atom stereocenters. The maximum absolute atomic E-state index is 14.4. The third-order valence-corrected chi connectivity index (χ3v) is 8.60. The lowest BCUT2D eigenvalue weighted by atomic mass is 9.75. The number of aromatic nitrogens is 1. The molecule has 1 aromatic heterocycles. The van der Waals surface area contributed by atoms with Crippen LogP contribution in [-0.4, -0.2) is 67.3 Å². The van der Waals surface area contributed by atoms with Gasteiger partial charge in [0, 0.05) is 49.8 Å². The quantitative estimate of drug-likeness (QED) is 0.113. The molecule has 0 spiro atoms. The molecule has 13 heteroatoms. The van der Waals surface area contributed by atoms with Crippen molar-refractivity contribution in [3.05, 3.63) is 52.1 Å². The Morgan fingerprint density at radius 2 is 2.07 bits per heavy atom. The highest BCUT2D eigenvalue weighted by Crippen LogP contribution is 2.42. The summed E-state index contributed by atoms with van der Waals surface area (Å²) in [7, 11) is 1.64. The molecule has 9 nitrogen and oxygen atoms in total. The highest BCUT2D eigenvalue weighted by Gasteiger charge is 2.44. The van der Waals surface area contributed by atoms with Crippen molar-refractivity contribution in [3.8, 4) is 0 Å². The van der Waals surface area contributed by atoms with Crippen LogP contribution in [0, 0.1) is 5.92 Å². The normalized spacial score (nSPS) is 20.8. The molecule has 42 heavy (non-hydrogen) atoms. The Morgan fingerprint density at radius 1 is 1.29 bits per heavy atom. The molecule has 0 bridgehead atoms. The van der Waals surface area contributed by atoms with Crippen molar-refractivity contribution in [2.24, 2.45) is 16.8 Å². The molecular weight excluding hydrogens is 567 g/mol. The number of amides is 1. The maximum Gasteiger partial charge on any atom is 0.416 e. The summed E-state index contributed by atoms with van der Waals surface area (Å²) in [6.07, 6.45) is -2.02. The molecule has 1 aromatic carbocycles. The van der Waals surface area contributed by atoms with Crippen molar-refractivity contribution >= 4 is 36.0 Å². The van der Waals surface area contributed by atoms with E-state index in [9.17, 15) is 18.0 Å². The molecule has 4 heterocycles. The average molecular weight is 606 g/mol. The Balaban J connectivity index is 1.52. The number of piperidine rings is 1. The van der Waals surface area contributed by atoms with Gasteiger partial charge in [-0.05, 0) is 66.3 Å². The maximum atomic E-state index is 14.4. The first-order valence-corrected chi connectivity index (χ1v) is 14.8. The van der Waals surface area contributed by atoms with E-state index in [1.807, 2.05) is 6.07 Å². The monoisotopic (exact) mass is 605 g/mol. The molecule has 228 valence electrons. The lowest BCUT2D eigenvalue weighted by Crippen LogP contribution is -2.50. The summed E-state index contributed by atoms with van der Waals surface area (Å²) >= 11 is 4.27. The number of alkyl halides is 3. The predicted molar refractivity (Wildman–Crippen MR) is 160 cm³/mol. The number of fused-ring (bicyclic) bond motifs is 1. The van der Waals surface area contributed by atoms with Gasteiger partial charge in [-0.25, -0.2) is 10.8 Å². The van der Waals surface area contributed by atoms with Crippen LogP contribution < -0.4 is 21.5 Å². The highest BCUT2D eigenvalue weighted by molar-refractivity contribution is 7.80. The molecule has 0 aliphatic carbocycles. The lowest BCUT2D eigenvalue weighted by molar-refractivity contribution is -0.138. The Hall–Kier alpha value is -2.87. The minimum absolute atomic E-state index is 0.0187. The van der Waals surface area contributed by atoms with Gasteiger partial charge in [-0.2, -0.15) is 25.8 Å². The van der Waals surface area contributed by atoms with Crippen LogP contribution in [0.15, 0.2) is 29.3 Å². The molecule has 0 saturated carbocycles. The van der Waals surface area contributed by atoms with E-state index in [-0.39, 0.29) is 23.5 Å². The smallest absolute Gasteiger partial charge is 0.379 e. The number of hydrazine groups is 1. The van der Waals surface area contributed by atoms with Crippen molar-refractivity contribution in [2.75, 3.05) is 55.9 Å². The van der Waals surface area contributed by atoms with Crippen molar-refractivity contribution in [1.82, 2.24) is 15.3 Å². The second-order valence-corrected chi connectivity index (χ2v) is 12.0. The largest absolute Gasteiger partial charge is 0.416 e. The minimum atomic E-state index is -4.60. The predicted octanol–water partition coefficient (Wildman–Crippen LogP) is 3.98. The number of nitrogens with two attached hydrogens (primary N) is 1. The van der Waals surface area contributed by atoms with Crippen molar-refractivity contribution in [3.63, 3.8) is 0 Å². The number of hydrogen-bond acceptors (Lipinski definition) is 8. The zero-order valence-electron chi connectivity index (χ0n) is 23.9. The number of pyridine rings is 1. The Morgan fingerprint density at radius 3 is 2.69 bits per heavy atom. The topological polar surface area (TPSA) is 108 Å². The fraction of sp³-hybridized carbons (Fsp3) is 0.552. The fourth-order valence-corrected chi connectivity index (χ4v) is 6.27. The van der Waals surface area contributed by atoms with E-state index in [0.29, 0.717) is 61.6 Å². The van der Waals surface area contributed by atoms with Gasteiger partial charge < -0.3 is 15.5 Å². The molecule has 3 aliphatic rings. The van der Waals surface area contributed by atoms with E-state index in [4.69, 9.17) is 10.6 Å². The third kappa shape index (κ3) is 6.24. The molecule has 0 radical (unpaired) electrons. The van der Waals surface area contributed by atoms with Crippen LogP contribution in [0.1, 0.15) is 58.8 Å². The first kappa shape index (κ1) is 30.6. The number of anilines is 2. The summed E-state index contributed by atoms with van der Waals surface area (Å²) in [6.45, 7) is 5.27. The minimum Gasteiger partial charge on any atom is -0.379 e. The van der Waals surface area contributed by atoms with E-state index in [1.54, 1.807) is 19.2 Å². The number of halogens is 3. The van der Waals surface area contributed by atoms with Gasteiger partial charge in [0.1, 0.15) is 17.5 Å². The van der Waals surface area contributed by atoms with Crippen LogP contribution in [0.4, 0.5) is 24.8 Å². The second kappa shape index (κ2) is 12.4. The van der Waals surface area contributed by atoms with E-state index in [0.717, 1.165) is 31.5 Å². The summed E-state index contributed by atoms with van der Waals surface area (Å²) in [4.78, 5) is 26.2. The van der Waals surface area contributed by atoms with E-state index >= 15 is 0 Å². The number of carbonyl (C=O) groups is 1. The zero-order valence-corrected chi connectivity index (χ0v) is 24.8. The van der Waals surface area contributed by atoms with Crippen LogP contribution in [0.2, 0.25) is 0 Å². The van der Waals surface area contributed by atoms with Crippen molar-refractivity contribution in [1.29, 1.82) is 0 Å². The average Bonchev–Trinajstić information content (AvgIpc) is 3.26. The zero-order chi connectivity index (χ0) is 30.1. The molecular formula is C29H38F3N7O2S. The van der Waals surface area contributed by atoms with Gasteiger partial charge in [-0.1, -0.05) is 6.92 Å². The number of ether oxygens (including phenoxy) is 1. The van der Waals surface area contributed by atoms with Crippen molar-refractivity contribution in [2.45, 2.75) is 50.9 Å². The number of hydrogen-bond donors (Lipinski definition) is 4. The van der Waals surface area contributed by atoms with Gasteiger partial charge in [0.05, 0.1) is 25.3 Å². The van der Waals surface area contributed by atoms with Gasteiger partial charge >= 0.3 is 6.18 Å². The molecule has 1 amide bonds. The second-order valence-electron chi connectivity index (χ2n) is 11.6. The third-order valence-electron chi connectivity index (χ3n) is 8.37. The van der Waals surface area contributed by atoms with Crippen LogP contribution in [-0.2, 0) is 29.4 Å². The fourth-order valence-electron chi connectivity index (χ4n) is 6.16. The molecule has 2 fully saturated rings. The molecule has 3 aliphatic heterocycles. The molecule has 4 N–H and O–H groups in total. The number of amidine groups is 1. The molecule has 1 atom stereocenters. The van der Waals surface area contributed by atoms with Gasteiger partial charge in [-0.3, -0.25) is 19.6 Å². The molecule has 2 aromatic rings. The number of carbonyl (C=O) groups excluding carboxylic acids is 1. The number of aliphatic imine (C=N–C) groups is 1. The number of nitrogens with one attached hydrogen (secondary N) is 2. The van der Waals surface area contributed by atoms with Crippen LogP contribution in [0.25, 0.3) is 0 Å². The number of thiol groups is 1. The SMILES string of the molecule is CN=C(CC1(c2cc(NCCS)nc(N3Cc4c(cc(CN5CCC[C@H](C)C5)cc4C(F)(F)F)C3=O)c2)COC1)NN. The number of benzene rings is 1. The number of nitrogens with zero attached hydrogens (tertiary/aromatic N) is 4. The number of likely N-dealkylation sites (tertiary alicyclic amines) is 1. The summed E-state index contributed by atoms with van der Waals surface area (Å²) in [6, 6.07) is 6.50. The van der Waals surface area contributed by atoms with Gasteiger partial charge in [-0.15, -0.1) is 0 Å². The highest BCUT2D eigenvalue weighted by atomic mass is 32.1. The summed E-state index contributed by atoms with van der Waals surface area (Å²) in [5.74, 6) is 7.55. The molecule has 2 saturated heterocycles. The first-order valence-electron chi connectivity index (χ1n) is 14.2.